The summed E-state index contributed by atoms with van der Waals surface area (Å²) >= 11 is 11.8. The quantitative estimate of drug-likeness (QED) is 0.840. The molecule has 0 radical (unpaired) electrons. The molecule has 0 aliphatic rings. The monoisotopic (exact) mass is 335 g/mol. The van der Waals surface area contributed by atoms with Gasteiger partial charge in [-0.2, -0.15) is 0 Å². The summed E-state index contributed by atoms with van der Waals surface area (Å²) in [5.74, 6) is 0.0199. The molecule has 0 unspecified atom stereocenters. The molecule has 0 saturated heterocycles. The van der Waals surface area contributed by atoms with Crippen molar-refractivity contribution in [2.75, 3.05) is 10.5 Å². The number of aryl methyl sites for hydroxylation is 1. The molecule has 6 nitrogen and oxygen atoms in total. The Morgan fingerprint density at radius 2 is 1.80 bits per heavy atom. The Hall–Kier alpha value is -1.44. The number of nitrogens with one attached hydrogen (secondary N) is 1. The Kier molecular flexibility index (Phi) is 3.86. The van der Waals surface area contributed by atoms with Crippen molar-refractivity contribution in [3.8, 4) is 0 Å². The predicted octanol–water partition coefficient (Wildman–Crippen LogP) is 2.98. The lowest BCUT2D eigenvalue weighted by Crippen LogP contribution is -2.14. The number of hydrogen-bond acceptors (Lipinski definition) is 5. The first-order valence-corrected chi connectivity index (χ1v) is 7.66. The fourth-order valence-corrected chi connectivity index (χ4v) is 3.80. The Morgan fingerprint density at radius 3 is 2.25 bits per heavy atom. The first-order chi connectivity index (χ1) is 9.22. The molecule has 1 heterocycles. The second kappa shape index (κ2) is 5.16. The van der Waals surface area contributed by atoms with E-state index in [0.29, 0.717) is 11.3 Å². The van der Waals surface area contributed by atoms with Gasteiger partial charge in [0.25, 0.3) is 10.0 Å². The highest BCUT2D eigenvalue weighted by molar-refractivity contribution is 7.93. The van der Waals surface area contributed by atoms with E-state index in [-0.39, 0.29) is 26.5 Å². The highest BCUT2D eigenvalue weighted by atomic mass is 35.5. The fourth-order valence-electron chi connectivity index (χ4n) is 1.52. The normalized spacial score (nSPS) is 11.6. The molecule has 0 aliphatic heterocycles. The smallest absolute Gasteiger partial charge is 0.267 e. The maximum Gasteiger partial charge on any atom is 0.267 e. The first kappa shape index (κ1) is 15.0. The number of hydrogen-bond donors (Lipinski definition) is 2. The molecule has 0 amide bonds. The van der Waals surface area contributed by atoms with Crippen molar-refractivity contribution in [1.29, 1.82) is 0 Å². The number of anilines is 2. The van der Waals surface area contributed by atoms with Gasteiger partial charge in [0.05, 0.1) is 15.7 Å². The molecule has 2 aromatic rings. The topological polar surface area (TPSA) is 98.2 Å². The molecule has 0 spiro atoms. The van der Waals surface area contributed by atoms with Gasteiger partial charge in [0.2, 0.25) is 5.88 Å². The fraction of sp³-hybridized carbons (Fsp3) is 0.182. The van der Waals surface area contributed by atoms with E-state index in [1.54, 1.807) is 13.8 Å². The van der Waals surface area contributed by atoms with Crippen molar-refractivity contribution < 1.29 is 12.9 Å². The van der Waals surface area contributed by atoms with Crippen LogP contribution in [0.15, 0.2) is 21.6 Å². The van der Waals surface area contributed by atoms with E-state index in [1.807, 2.05) is 0 Å². The van der Waals surface area contributed by atoms with Gasteiger partial charge >= 0.3 is 0 Å². The van der Waals surface area contributed by atoms with Gasteiger partial charge in [-0.25, -0.2) is 13.1 Å². The summed E-state index contributed by atoms with van der Waals surface area (Å²) < 4.78 is 31.8. The molecular formula is C11H11Cl2N3O3S. The molecule has 0 atom stereocenters. The minimum absolute atomic E-state index is 0.0199. The zero-order valence-corrected chi connectivity index (χ0v) is 12.9. The van der Waals surface area contributed by atoms with Crippen LogP contribution in [-0.4, -0.2) is 13.6 Å². The lowest BCUT2D eigenvalue weighted by molar-refractivity contribution is 0.430. The maximum atomic E-state index is 12.3. The van der Waals surface area contributed by atoms with Gasteiger partial charge in [-0.15, -0.1) is 0 Å². The summed E-state index contributed by atoms with van der Waals surface area (Å²) in [6.45, 7) is 3.37. The van der Waals surface area contributed by atoms with Crippen LogP contribution in [0.1, 0.15) is 11.3 Å². The number of aromatic nitrogens is 1. The van der Waals surface area contributed by atoms with Crippen LogP contribution in [0.2, 0.25) is 10.0 Å². The molecule has 0 fully saturated rings. The lowest BCUT2D eigenvalue weighted by atomic mass is 10.3. The average molecular weight is 336 g/mol. The molecule has 1 aromatic carbocycles. The third-order valence-electron chi connectivity index (χ3n) is 2.67. The minimum Gasteiger partial charge on any atom is -0.399 e. The molecular weight excluding hydrogens is 325 g/mol. The van der Waals surface area contributed by atoms with Crippen LogP contribution >= 0.6 is 23.2 Å². The van der Waals surface area contributed by atoms with E-state index < -0.39 is 10.0 Å². The molecule has 20 heavy (non-hydrogen) atoms. The number of nitrogens with zero attached hydrogens (tertiary/aromatic N) is 1. The van der Waals surface area contributed by atoms with Gasteiger partial charge in [-0.1, -0.05) is 28.4 Å². The molecule has 0 saturated carbocycles. The summed E-state index contributed by atoms with van der Waals surface area (Å²) in [6.07, 6.45) is 0. The third kappa shape index (κ3) is 2.70. The standard InChI is InChI=1S/C11H11Cl2N3O3S/c1-5-6(2)15-19-11(5)16-20(17,18)10-8(12)3-7(14)4-9(10)13/h3-4,16H,14H2,1-2H3. The van der Waals surface area contributed by atoms with E-state index in [1.165, 1.54) is 12.1 Å². The molecule has 2 rings (SSSR count). The molecule has 108 valence electrons. The van der Waals surface area contributed by atoms with Gasteiger partial charge in [0.15, 0.2) is 0 Å². The predicted molar refractivity (Wildman–Crippen MR) is 77.7 cm³/mol. The van der Waals surface area contributed by atoms with Crippen LogP contribution in [0.3, 0.4) is 0 Å². The summed E-state index contributed by atoms with van der Waals surface area (Å²) in [6, 6.07) is 2.61. The number of benzene rings is 1. The summed E-state index contributed by atoms with van der Waals surface area (Å²) in [7, 11) is -4.00. The van der Waals surface area contributed by atoms with Crippen LogP contribution in [0, 0.1) is 13.8 Å². The van der Waals surface area contributed by atoms with E-state index in [0.717, 1.165) is 0 Å². The van der Waals surface area contributed by atoms with Crippen LogP contribution < -0.4 is 10.5 Å². The SMILES string of the molecule is Cc1noc(NS(=O)(=O)c2c(Cl)cc(N)cc2Cl)c1C. The van der Waals surface area contributed by atoms with Crippen molar-refractivity contribution >= 4 is 44.8 Å². The van der Waals surface area contributed by atoms with E-state index in [4.69, 9.17) is 33.5 Å². The molecule has 3 N–H and O–H groups in total. The van der Waals surface area contributed by atoms with Crippen LogP contribution in [0.4, 0.5) is 11.6 Å². The molecule has 9 heteroatoms. The van der Waals surface area contributed by atoms with Crippen molar-refractivity contribution in [2.24, 2.45) is 0 Å². The Labute approximate surface area is 125 Å². The zero-order chi connectivity index (χ0) is 15.1. The van der Waals surface area contributed by atoms with Crippen molar-refractivity contribution in [3.63, 3.8) is 0 Å². The second-order valence-electron chi connectivity index (χ2n) is 4.14. The van der Waals surface area contributed by atoms with Gasteiger partial charge in [0.1, 0.15) is 4.90 Å². The van der Waals surface area contributed by atoms with Crippen molar-refractivity contribution in [1.82, 2.24) is 5.16 Å². The first-order valence-electron chi connectivity index (χ1n) is 5.42. The summed E-state index contributed by atoms with van der Waals surface area (Å²) in [5.41, 5.74) is 6.97. The largest absolute Gasteiger partial charge is 0.399 e. The number of sulfonamides is 1. The minimum atomic E-state index is -4.00. The Morgan fingerprint density at radius 1 is 1.25 bits per heavy atom. The van der Waals surface area contributed by atoms with Crippen LogP contribution in [0.25, 0.3) is 0 Å². The second-order valence-corrected chi connectivity index (χ2v) is 6.57. The summed E-state index contributed by atoms with van der Waals surface area (Å²) in [4.78, 5) is -0.261. The molecule has 0 aliphatic carbocycles. The number of rotatable bonds is 3. The van der Waals surface area contributed by atoms with Gasteiger partial charge in [-0.3, -0.25) is 0 Å². The van der Waals surface area contributed by atoms with Crippen LogP contribution in [-0.2, 0) is 10.0 Å². The van der Waals surface area contributed by atoms with E-state index in [2.05, 4.69) is 9.88 Å². The third-order valence-corrected chi connectivity index (χ3v) is 4.93. The Bertz CT molecular complexity index is 748. The number of nitrogen functional groups attached to an aromatic ring is 1. The van der Waals surface area contributed by atoms with E-state index >= 15 is 0 Å². The van der Waals surface area contributed by atoms with Gasteiger partial charge in [-0.05, 0) is 26.0 Å². The molecule has 1 aromatic heterocycles. The highest BCUT2D eigenvalue weighted by Gasteiger charge is 2.25. The highest BCUT2D eigenvalue weighted by Crippen LogP contribution is 2.33. The zero-order valence-electron chi connectivity index (χ0n) is 10.6. The van der Waals surface area contributed by atoms with Crippen molar-refractivity contribution in [2.45, 2.75) is 18.7 Å². The van der Waals surface area contributed by atoms with Gasteiger partial charge < -0.3 is 10.3 Å². The van der Waals surface area contributed by atoms with Gasteiger partial charge in [0, 0.05) is 11.3 Å². The maximum absolute atomic E-state index is 12.3. The Balaban J connectivity index is 2.49. The lowest BCUT2D eigenvalue weighted by Gasteiger charge is -2.10. The average Bonchev–Trinajstić information content (AvgIpc) is 2.58. The number of halogens is 2. The van der Waals surface area contributed by atoms with Crippen molar-refractivity contribution in [3.05, 3.63) is 33.4 Å². The number of nitrogens with two attached hydrogens (primary N) is 1. The molecule has 0 bridgehead atoms. The summed E-state index contributed by atoms with van der Waals surface area (Å²) in [5, 5.41) is 3.52. The van der Waals surface area contributed by atoms with E-state index in [9.17, 15) is 8.42 Å². The van der Waals surface area contributed by atoms with Crippen LogP contribution in [0.5, 0.6) is 0 Å².